The second kappa shape index (κ2) is 5.68. The Labute approximate surface area is 125 Å². The lowest BCUT2D eigenvalue weighted by molar-refractivity contribution is -0.137. The predicted octanol–water partition coefficient (Wildman–Crippen LogP) is 2.91. The third kappa shape index (κ3) is 2.42. The smallest absolute Gasteiger partial charge is 0.161 e. The molecular formula is C17H23NO3. The minimum Gasteiger partial charge on any atom is -0.504 e. The van der Waals surface area contributed by atoms with Gasteiger partial charge in [0.25, 0.3) is 0 Å². The molecule has 0 amide bonds. The van der Waals surface area contributed by atoms with Crippen LogP contribution in [0.25, 0.3) is 0 Å². The molecule has 2 aliphatic heterocycles. The normalized spacial score (nSPS) is 28.9. The van der Waals surface area contributed by atoms with Gasteiger partial charge in [-0.2, -0.15) is 0 Å². The first kappa shape index (κ1) is 14.4. The van der Waals surface area contributed by atoms with Gasteiger partial charge in [-0.25, -0.2) is 0 Å². The number of ether oxygens (including phenoxy) is 1. The number of Topliss-reactive ketones (excluding diaryl/α,β-unsaturated/α-hetero) is 1. The molecule has 0 radical (unpaired) electrons. The summed E-state index contributed by atoms with van der Waals surface area (Å²) < 4.78 is 5.49. The Balaban J connectivity index is 1.97. The Bertz CT molecular complexity index is 543. The van der Waals surface area contributed by atoms with Crippen LogP contribution in [-0.2, 0) is 4.79 Å². The van der Waals surface area contributed by atoms with Crippen LogP contribution in [0, 0.1) is 5.92 Å². The molecule has 0 spiro atoms. The quantitative estimate of drug-likeness (QED) is 0.926. The van der Waals surface area contributed by atoms with Crippen LogP contribution in [0.4, 0.5) is 0 Å². The van der Waals surface area contributed by atoms with E-state index in [9.17, 15) is 9.90 Å². The molecule has 2 bridgehead atoms. The Hall–Kier alpha value is -1.55. The van der Waals surface area contributed by atoms with Gasteiger partial charge >= 0.3 is 0 Å². The Morgan fingerprint density at radius 2 is 2.14 bits per heavy atom. The van der Waals surface area contributed by atoms with Crippen LogP contribution < -0.4 is 4.74 Å². The van der Waals surface area contributed by atoms with Crippen molar-refractivity contribution in [2.75, 3.05) is 13.2 Å². The number of carbonyl (C=O) groups is 1. The van der Waals surface area contributed by atoms with Gasteiger partial charge < -0.3 is 9.84 Å². The number of phenols is 1. The summed E-state index contributed by atoms with van der Waals surface area (Å²) in [6.45, 7) is 5.52. The maximum atomic E-state index is 12.3. The molecule has 3 atom stereocenters. The van der Waals surface area contributed by atoms with Crippen LogP contribution >= 0.6 is 0 Å². The molecule has 4 nitrogen and oxygen atoms in total. The molecule has 3 aliphatic rings. The molecule has 3 fully saturated rings. The van der Waals surface area contributed by atoms with Gasteiger partial charge in [0.2, 0.25) is 0 Å². The molecule has 114 valence electrons. The predicted molar refractivity (Wildman–Crippen MR) is 80.5 cm³/mol. The molecule has 3 unspecified atom stereocenters. The molecule has 1 N–H and O–H groups in total. The van der Waals surface area contributed by atoms with E-state index in [0.717, 1.165) is 24.9 Å². The molecule has 2 heterocycles. The maximum Gasteiger partial charge on any atom is 0.161 e. The van der Waals surface area contributed by atoms with E-state index in [1.165, 1.54) is 0 Å². The van der Waals surface area contributed by atoms with Crippen molar-refractivity contribution in [3.05, 3.63) is 23.8 Å². The summed E-state index contributed by atoms with van der Waals surface area (Å²) in [5.74, 6) is 1.16. The fraction of sp³-hybridized carbons (Fsp3) is 0.588. The van der Waals surface area contributed by atoms with E-state index in [2.05, 4.69) is 11.8 Å². The highest BCUT2D eigenvalue weighted by Gasteiger charge is 2.46. The largest absolute Gasteiger partial charge is 0.504 e. The van der Waals surface area contributed by atoms with Gasteiger partial charge in [0.15, 0.2) is 11.5 Å². The van der Waals surface area contributed by atoms with Crippen molar-refractivity contribution in [2.45, 2.75) is 45.2 Å². The van der Waals surface area contributed by atoms with Crippen molar-refractivity contribution >= 4 is 5.78 Å². The Kier molecular flexibility index (Phi) is 3.89. The lowest BCUT2D eigenvalue weighted by Crippen LogP contribution is -2.54. The maximum absolute atomic E-state index is 12.3. The zero-order chi connectivity index (χ0) is 15.0. The number of piperidine rings is 2. The van der Waals surface area contributed by atoms with Gasteiger partial charge in [-0.3, -0.25) is 9.69 Å². The first-order valence-electron chi connectivity index (χ1n) is 7.89. The number of aromatic hydroxyl groups is 1. The summed E-state index contributed by atoms with van der Waals surface area (Å²) in [4.78, 5) is 14.7. The van der Waals surface area contributed by atoms with Crippen LogP contribution in [0.3, 0.4) is 0 Å². The summed E-state index contributed by atoms with van der Waals surface area (Å²) in [6.07, 6.45) is 2.80. The number of benzene rings is 1. The van der Waals surface area contributed by atoms with Gasteiger partial charge in [0, 0.05) is 24.4 Å². The van der Waals surface area contributed by atoms with Gasteiger partial charge in [-0.15, -0.1) is 0 Å². The van der Waals surface area contributed by atoms with Crippen LogP contribution in [0.1, 0.15) is 44.7 Å². The van der Waals surface area contributed by atoms with Gasteiger partial charge in [0.1, 0.15) is 5.78 Å². The van der Waals surface area contributed by atoms with E-state index >= 15 is 0 Å². The van der Waals surface area contributed by atoms with E-state index in [0.29, 0.717) is 30.6 Å². The number of nitrogens with zero attached hydrogens (tertiary/aromatic N) is 1. The topological polar surface area (TPSA) is 49.8 Å². The van der Waals surface area contributed by atoms with Crippen molar-refractivity contribution < 1.29 is 14.6 Å². The molecular weight excluding hydrogens is 266 g/mol. The van der Waals surface area contributed by atoms with Gasteiger partial charge in [0.05, 0.1) is 6.61 Å². The molecule has 1 aromatic rings. The minimum atomic E-state index is 0.0916. The highest BCUT2D eigenvalue weighted by atomic mass is 16.5. The monoisotopic (exact) mass is 289 g/mol. The number of hydrogen-bond donors (Lipinski definition) is 1. The third-order valence-electron chi connectivity index (χ3n) is 4.86. The number of carbonyl (C=O) groups excluding carboxylic acids is 1. The van der Waals surface area contributed by atoms with Crippen LogP contribution in [0.2, 0.25) is 0 Å². The van der Waals surface area contributed by atoms with Crippen molar-refractivity contribution in [1.29, 1.82) is 0 Å². The lowest BCUT2D eigenvalue weighted by Gasteiger charge is -2.50. The van der Waals surface area contributed by atoms with Crippen LogP contribution in [0.5, 0.6) is 11.5 Å². The number of fused-ring (bicyclic) bond motifs is 3. The molecule has 1 saturated carbocycles. The molecule has 1 aromatic carbocycles. The summed E-state index contributed by atoms with van der Waals surface area (Å²) >= 11 is 0. The van der Waals surface area contributed by atoms with Gasteiger partial charge in [-0.05, 0) is 44.0 Å². The summed E-state index contributed by atoms with van der Waals surface area (Å²) in [5.41, 5.74) is 1.08. The zero-order valence-corrected chi connectivity index (χ0v) is 12.7. The molecule has 21 heavy (non-hydrogen) atoms. The highest BCUT2D eigenvalue weighted by Crippen LogP contribution is 2.46. The van der Waals surface area contributed by atoms with E-state index in [1.54, 1.807) is 6.07 Å². The third-order valence-corrected chi connectivity index (χ3v) is 4.86. The van der Waals surface area contributed by atoms with E-state index in [-0.39, 0.29) is 17.7 Å². The zero-order valence-electron chi connectivity index (χ0n) is 12.7. The number of ketones is 1. The summed E-state index contributed by atoms with van der Waals surface area (Å²) in [7, 11) is 0. The molecule has 2 saturated heterocycles. The standard InChI is InChI=1S/C17H23NO3/c1-3-18-12-6-7-13(15(20)10-12)17(18)11-5-8-14(19)16(9-11)21-4-2/h5,8-9,12-13,17,19H,3-4,6-7,10H2,1-2H3. The van der Waals surface area contributed by atoms with Crippen molar-refractivity contribution in [2.24, 2.45) is 5.92 Å². The summed E-state index contributed by atoms with van der Waals surface area (Å²) in [6, 6.07) is 6.02. The number of rotatable bonds is 4. The van der Waals surface area contributed by atoms with Crippen molar-refractivity contribution in [1.82, 2.24) is 4.90 Å². The number of phenolic OH excluding ortho intramolecular Hbond substituents is 1. The fourth-order valence-corrected chi connectivity index (χ4v) is 3.96. The SMILES string of the molecule is CCOc1cc(C2C3CCC(CC3=O)N2CC)ccc1O. The lowest BCUT2D eigenvalue weighted by atomic mass is 9.71. The number of hydrogen-bond acceptors (Lipinski definition) is 4. The van der Waals surface area contributed by atoms with Gasteiger partial charge in [-0.1, -0.05) is 13.0 Å². The van der Waals surface area contributed by atoms with Crippen molar-refractivity contribution in [3.63, 3.8) is 0 Å². The average molecular weight is 289 g/mol. The Morgan fingerprint density at radius 3 is 2.81 bits per heavy atom. The molecule has 0 aromatic heterocycles. The van der Waals surface area contributed by atoms with Crippen LogP contribution in [-0.4, -0.2) is 35.0 Å². The van der Waals surface area contributed by atoms with E-state index in [1.807, 2.05) is 19.1 Å². The first-order chi connectivity index (χ1) is 10.2. The van der Waals surface area contributed by atoms with Crippen molar-refractivity contribution in [3.8, 4) is 11.5 Å². The second-order valence-corrected chi connectivity index (χ2v) is 5.94. The van der Waals surface area contributed by atoms with E-state index in [4.69, 9.17) is 4.74 Å². The Morgan fingerprint density at radius 1 is 1.33 bits per heavy atom. The molecule has 4 heteroatoms. The second-order valence-electron chi connectivity index (χ2n) is 5.94. The molecule has 1 aliphatic carbocycles. The highest BCUT2D eigenvalue weighted by molar-refractivity contribution is 5.84. The average Bonchev–Trinajstić information content (AvgIpc) is 2.49. The summed E-state index contributed by atoms with van der Waals surface area (Å²) in [5, 5.41) is 9.87. The van der Waals surface area contributed by atoms with E-state index < -0.39 is 0 Å². The molecule has 4 rings (SSSR count). The first-order valence-corrected chi connectivity index (χ1v) is 7.89. The van der Waals surface area contributed by atoms with Crippen LogP contribution in [0.15, 0.2) is 18.2 Å². The fourth-order valence-electron chi connectivity index (χ4n) is 3.96. The minimum absolute atomic E-state index is 0.0916.